The largest absolute Gasteiger partial charge is 0.573 e. The van der Waals surface area contributed by atoms with Crippen molar-refractivity contribution in [3.63, 3.8) is 0 Å². The Morgan fingerprint density at radius 1 is 1.00 bits per heavy atom. The molecule has 0 aromatic heterocycles. The first-order chi connectivity index (χ1) is 9.93. The number of halogens is 3. The van der Waals surface area contributed by atoms with Crippen LogP contribution in [0.25, 0.3) is 11.1 Å². The predicted molar refractivity (Wildman–Crippen MR) is 70.5 cm³/mol. The Morgan fingerprint density at radius 3 is 2.14 bits per heavy atom. The Labute approximate surface area is 118 Å². The summed E-state index contributed by atoms with van der Waals surface area (Å²) < 4.78 is 45.9. The van der Waals surface area contributed by atoms with Gasteiger partial charge in [-0.1, -0.05) is 18.2 Å². The zero-order chi connectivity index (χ0) is 15.5. The van der Waals surface area contributed by atoms with E-state index < -0.39 is 12.1 Å². The van der Waals surface area contributed by atoms with E-state index in [9.17, 15) is 18.0 Å². The molecule has 6 heteroatoms. The zero-order valence-corrected chi connectivity index (χ0v) is 11.0. The molecule has 0 N–H and O–H groups in total. The van der Waals surface area contributed by atoms with Gasteiger partial charge in [-0.15, -0.1) is 13.2 Å². The van der Waals surface area contributed by atoms with Crippen molar-refractivity contribution in [1.29, 1.82) is 0 Å². The molecule has 0 aliphatic heterocycles. The number of hydrogen-bond donors (Lipinski definition) is 0. The number of alkyl halides is 3. The average molecular weight is 296 g/mol. The Kier molecular flexibility index (Phi) is 4.16. The van der Waals surface area contributed by atoms with Crippen LogP contribution < -0.4 is 9.47 Å². The molecule has 0 aliphatic carbocycles. The Bertz CT molecular complexity index is 634. The molecular formula is C15H11F3O3. The topological polar surface area (TPSA) is 35.5 Å². The third kappa shape index (κ3) is 3.75. The first-order valence-corrected chi connectivity index (χ1v) is 5.92. The number of ether oxygens (including phenoxy) is 2. The molecule has 2 aromatic rings. The smallest absolute Gasteiger partial charge is 0.497 e. The first kappa shape index (κ1) is 14.9. The highest BCUT2D eigenvalue weighted by Crippen LogP contribution is 2.31. The van der Waals surface area contributed by atoms with Gasteiger partial charge in [0.1, 0.15) is 11.5 Å². The maximum absolute atomic E-state index is 12.3. The van der Waals surface area contributed by atoms with E-state index in [-0.39, 0.29) is 5.56 Å². The van der Waals surface area contributed by atoms with Crippen LogP contribution in [0.2, 0.25) is 0 Å². The molecule has 2 rings (SSSR count). The molecule has 0 bridgehead atoms. The summed E-state index contributed by atoms with van der Waals surface area (Å²) in [6, 6.07) is 10.8. The molecule has 3 nitrogen and oxygen atoms in total. The van der Waals surface area contributed by atoms with Gasteiger partial charge in [-0.05, 0) is 35.4 Å². The highest BCUT2D eigenvalue weighted by molar-refractivity contribution is 5.82. The van der Waals surface area contributed by atoms with E-state index in [0.717, 1.165) is 0 Å². The molecule has 0 radical (unpaired) electrons. The SMILES string of the molecule is COc1ccc(-c2ccc(C=O)c(OC(F)(F)F)c2)cc1. The van der Waals surface area contributed by atoms with Crippen molar-refractivity contribution >= 4 is 6.29 Å². The first-order valence-electron chi connectivity index (χ1n) is 5.92. The number of methoxy groups -OCH3 is 1. The molecule has 0 saturated heterocycles. The van der Waals surface area contributed by atoms with Gasteiger partial charge in [0.15, 0.2) is 6.29 Å². The summed E-state index contributed by atoms with van der Waals surface area (Å²) in [4.78, 5) is 10.8. The minimum atomic E-state index is -4.85. The van der Waals surface area contributed by atoms with Crippen molar-refractivity contribution in [3.8, 4) is 22.6 Å². The summed E-state index contributed by atoms with van der Waals surface area (Å²) in [5, 5.41) is 0. The standard InChI is InChI=1S/C15H11F3O3/c1-20-13-6-4-10(5-7-13)11-2-3-12(9-19)14(8-11)21-15(16,17)18/h2-9H,1H3. The number of benzene rings is 2. The third-order valence-corrected chi connectivity index (χ3v) is 2.79. The van der Waals surface area contributed by atoms with E-state index in [1.165, 1.54) is 19.2 Å². The van der Waals surface area contributed by atoms with Crippen LogP contribution in [-0.4, -0.2) is 19.8 Å². The van der Waals surface area contributed by atoms with Gasteiger partial charge < -0.3 is 9.47 Å². The van der Waals surface area contributed by atoms with Crippen molar-refractivity contribution in [2.24, 2.45) is 0 Å². The van der Waals surface area contributed by atoms with E-state index in [2.05, 4.69) is 4.74 Å². The van der Waals surface area contributed by atoms with Gasteiger partial charge in [-0.25, -0.2) is 0 Å². The normalized spacial score (nSPS) is 11.0. The molecular weight excluding hydrogens is 285 g/mol. The van der Waals surface area contributed by atoms with Gasteiger partial charge in [0.05, 0.1) is 12.7 Å². The average Bonchev–Trinajstić information content (AvgIpc) is 2.45. The van der Waals surface area contributed by atoms with Gasteiger partial charge in [-0.3, -0.25) is 4.79 Å². The van der Waals surface area contributed by atoms with Crippen molar-refractivity contribution in [2.45, 2.75) is 6.36 Å². The fraction of sp³-hybridized carbons (Fsp3) is 0.133. The van der Waals surface area contributed by atoms with Crippen molar-refractivity contribution in [1.82, 2.24) is 0 Å². The van der Waals surface area contributed by atoms with E-state index in [0.29, 0.717) is 23.2 Å². The summed E-state index contributed by atoms with van der Waals surface area (Å²) in [7, 11) is 1.52. The van der Waals surface area contributed by atoms with Crippen LogP contribution in [-0.2, 0) is 0 Å². The van der Waals surface area contributed by atoms with Crippen LogP contribution in [0, 0.1) is 0 Å². The van der Waals surface area contributed by atoms with Crippen molar-refractivity contribution in [3.05, 3.63) is 48.0 Å². The molecule has 0 heterocycles. The monoisotopic (exact) mass is 296 g/mol. The van der Waals surface area contributed by atoms with E-state index in [1.54, 1.807) is 30.3 Å². The molecule has 21 heavy (non-hydrogen) atoms. The molecule has 2 aromatic carbocycles. The van der Waals surface area contributed by atoms with Gasteiger partial charge in [0, 0.05) is 0 Å². The summed E-state index contributed by atoms with van der Waals surface area (Å²) in [5.74, 6) is 0.112. The second-order valence-corrected chi connectivity index (χ2v) is 4.15. The highest BCUT2D eigenvalue weighted by atomic mass is 19.4. The lowest BCUT2D eigenvalue weighted by Gasteiger charge is -2.12. The van der Waals surface area contributed by atoms with Gasteiger partial charge in [0.25, 0.3) is 0 Å². The Hall–Kier alpha value is -2.50. The number of hydrogen-bond acceptors (Lipinski definition) is 3. The van der Waals surface area contributed by atoms with E-state index in [4.69, 9.17) is 4.74 Å². The lowest BCUT2D eigenvalue weighted by atomic mass is 10.0. The summed E-state index contributed by atoms with van der Waals surface area (Å²) >= 11 is 0. The molecule has 0 amide bonds. The zero-order valence-electron chi connectivity index (χ0n) is 11.0. The minimum Gasteiger partial charge on any atom is -0.497 e. The summed E-state index contributed by atoms with van der Waals surface area (Å²) in [6.45, 7) is 0. The molecule has 0 unspecified atom stereocenters. The predicted octanol–water partition coefficient (Wildman–Crippen LogP) is 4.07. The van der Waals surface area contributed by atoms with Gasteiger partial charge in [0.2, 0.25) is 0 Å². The van der Waals surface area contributed by atoms with Crippen LogP contribution >= 0.6 is 0 Å². The summed E-state index contributed by atoms with van der Waals surface area (Å²) in [5.41, 5.74) is 1.02. The maximum atomic E-state index is 12.3. The second-order valence-electron chi connectivity index (χ2n) is 4.15. The molecule has 0 saturated carbocycles. The maximum Gasteiger partial charge on any atom is 0.573 e. The van der Waals surface area contributed by atoms with E-state index in [1.807, 2.05) is 0 Å². The van der Waals surface area contributed by atoms with E-state index >= 15 is 0 Å². The van der Waals surface area contributed by atoms with Crippen LogP contribution in [0.1, 0.15) is 10.4 Å². The molecule has 0 spiro atoms. The van der Waals surface area contributed by atoms with Crippen molar-refractivity contribution in [2.75, 3.05) is 7.11 Å². The Morgan fingerprint density at radius 2 is 1.62 bits per heavy atom. The molecule has 110 valence electrons. The third-order valence-electron chi connectivity index (χ3n) is 2.79. The number of rotatable bonds is 4. The highest BCUT2D eigenvalue weighted by Gasteiger charge is 2.32. The van der Waals surface area contributed by atoms with Gasteiger partial charge >= 0.3 is 6.36 Å². The van der Waals surface area contributed by atoms with Crippen LogP contribution in [0.4, 0.5) is 13.2 Å². The fourth-order valence-electron chi connectivity index (χ4n) is 1.81. The second kappa shape index (κ2) is 5.87. The summed E-state index contributed by atoms with van der Waals surface area (Å²) in [6.07, 6.45) is -4.53. The minimum absolute atomic E-state index is 0.162. The molecule has 0 aliphatic rings. The van der Waals surface area contributed by atoms with Gasteiger partial charge in [-0.2, -0.15) is 0 Å². The van der Waals surface area contributed by atoms with Crippen LogP contribution in [0.3, 0.4) is 0 Å². The van der Waals surface area contributed by atoms with Crippen molar-refractivity contribution < 1.29 is 27.4 Å². The molecule has 0 fully saturated rings. The fourth-order valence-corrected chi connectivity index (χ4v) is 1.81. The van der Waals surface area contributed by atoms with Crippen LogP contribution in [0.5, 0.6) is 11.5 Å². The lowest BCUT2D eigenvalue weighted by Crippen LogP contribution is -2.18. The van der Waals surface area contributed by atoms with Crippen LogP contribution in [0.15, 0.2) is 42.5 Å². The number of carbonyl (C=O) groups is 1. The molecule has 0 atom stereocenters. The Balaban J connectivity index is 2.40. The lowest BCUT2D eigenvalue weighted by molar-refractivity contribution is -0.274. The quantitative estimate of drug-likeness (QED) is 0.798. The number of aldehydes is 1. The number of carbonyl (C=O) groups excluding carboxylic acids is 1.